The second-order valence-corrected chi connectivity index (χ2v) is 4.39. The number of hydrogen-bond acceptors (Lipinski definition) is 6. The van der Waals surface area contributed by atoms with Gasteiger partial charge in [-0.2, -0.15) is 0 Å². The van der Waals surface area contributed by atoms with Gasteiger partial charge >= 0.3 is 0 Å². The van der Waals surface area contributed by atoms with Crippen LogP contribution in [-0.4, -0.2) is 49.6 Å². The topological polar surface area (TPSA) is 79.4 Å². The lowest BCUT2D eigenvalue weighted by atomic mass is 10.1. The molecule has 2 heterocycles. The Morgan fingerprint density at radius 1 is 1.44 bits per heavy atom. The van der Waals surface area contributed by atoms with Crippen LogP contribution in [0.1, 0.15) is 13.8 Å². The molecule has 2 aromatic heterocycles. The average molecular weight is 222 g/mol. The number of rotatable bonds is 3. The molecule has 86 valence electrons. The predicted molar refractivity (Wildman–Crippen MR) is 58.1 cm³/mol. The molecule has 0 saturated heterocycles. The van der Waals surface area contributed by atoms with Crippen molar-refractivity contribution in [2.45, 2.75) is 19.4 Å². The van der Waals surface area contributed by atoms with Gasteiger partial charge in [-0.05, 0) is 36.4 Å². The second-order valence-electron chi connectivity index (χ2n) is 4.39. The Morgan fingerprint density at radius 3 is 2.88 bits per heavy atom. The van der Waals surface area contributed by atoms with Gasteiger partial charge in [-0.1, -0.05) is 0 Å². The number of likely N-dealkylation sites (N-methyl/N-ethyl adjacent to an activating group) is 1. The van der Waals surface area contributed by atoms with Crippen LogP contribution in [0, 0.1) is 0 Å². The van der Waals surface area contributed by atoms with Crippen LogP contribution in [0.5, 0.6) is 0 Å². The summed E-state index contributed by atoms with van der Waals surface area (Å²) < 4.78 is 1.36. The van der Waals surface area contributed by atoms with Crippen molar-refractivity contribution in [3.63, 3.8) is 0 Å². The first-order chi connectivity index (χ1) is 7.46. The molecule has 7 nitrogen and oxygen atoms in total. The van der Waals surface area contributed by atoms with Crippen molar-refractivity contribution < 1.29 is 5.11 Å². The van der Waals surface area contributed by atoms with E-state index in [0.29, 0.717) is 18.0 Å². The van der Waals surface area contributed by atoms with Gasteiger partial charge in [0.05, 0.1) is 5.60 Å². The van der Waals surface area contributed by atoms with Crippen molar-refractivity contribution in [3.8, 4) is 0 Å². The Balaban J connectivity index is 2.25. The number of anilines is 1. The molecular weight excluding hydrogens is 208 g/mol. The first-order valence-electron chi connectivity index (χ1n) is 4.95. The molecule has 0 aliphatic carbocycles. The SMILES string of the molecule is CN(CC(C)(C)O)c1ccc2nnnn2n1. The minimum Gasteiger partial charge on any atom is -0.389 e. The molecule has 0 atom stereocenters. The summed E-state index contributed by atoms with van der Waals surface area (Å²) in [6, 6.07) is 3.60. The lowest BCUT2D eigenvalue weighted by Crippen LogP contribution is -2.36. The molecule has 0 aliphatic heterocycles. The molecule has 0 spiro atoms. The number of nitrogens with zero attached hydrogens (tertiary/aromatic N) is 6. The van der Waals surface area contributed by atoms with Crippen LogP contribution < -0.4 is 4.90 Å². The van der Waals surface area contributed by atoms with Gasteiger partial charge < -0.3 is 10.0 Å². The Morgan fingerprint density at radius 2 is 2.19 bits per heavy atom. The van der Waals surface area contributed by atoms with Crippen molar-refractivity contribution in [1.82, 2.24) is 25.3 Å². The van der Waals surface area contributed by atoms with Gasteiger partial charge in [0.1, 0.15) is 0 Å². The summed E-state index contributed by atoms with van der Waals surface area (Å²) in [5.41, 5.74) is -0.174. The van der Waals surface area contributed by atoms with Crippen molar-refractivity contribution >= 4 is 11.5 Å². The summed E-state index contributed by atoms with van der Waals surface area (Å²) in [5.74, 6) is 0.710. The van der Waals surface area contributed by atoms with Crippen molar-refractivity contribution in [2.75, 3.05) is 18.5 Å². The third-order valence-electron chi connectivity index (χ3n) is 2.07. The fourth-order valence-corrected chi connectivity index (χ4v) is 1.51. The molecule has 0 unspecified atom stereocenters. The molecule has 2 rings (SSSR count). The maximum Gasteiger partial charge on any atom is 0.200 e. The van der Waals surface area contributed by atoms with Crippen LogP contribution in [0.15, 0.2) is 12.1 Å². The van der Waals surface area contributed by atoms with Gasteiger partial charge in [-0.15, -0.1) is 14.8 Å². The van der Waals surface area contributed by atoms with Gasteiger partial charge in [-0.3, -0.25) is 0 Å². The zero-order chi connectivity index (χ0) is 11.8. The second kappa shape index (κ2) is 3.67. The highest BCUT2D eigenvalue weighted by Gasteiger charge is 2.17. The van der Waals surface area contributed by atoms with Crippen LogP contribution in [0.25, 0.3) is 5.65 Å². The largest absolute Gasteiger partial charge is 0.389 e. The third-order valence-corrected chi connectivity index (χ3v) is 2.07. The van der Waals surface area contributed by atoms with Crippen LogP contribution >= 0.6 is 0 Å². The summed E-state index contributed by atoms with van der Waals surface area (Å²) in [5, 5.41) is 24.9. The first-order valence-corrected chi connectivity index (χ1v) is 4.95. The van der Waals surface area contributed by atoms with Gasteiger partial charge in [0, 0.05) is 13.6 Å². The zero-order valence-electron chi connectivity index (χ0n) is 9.49. The molecule has 1 N–H and O–H groups in total. The Labute approximate surface area is 92.7 Å². The van der Waals surface area contributed by atoms with Crippen LogP contribution in [0.4, 0.5) is 5.82 Å². The van der Waals surface area contributed by atoms with E-state index in [9.17, 15) is 5.11 Å². The average Bonchev–Trinajstić information content (AvgIpc) is 2.61. The molecule has 0 amide bonds. The van der Waals surface area contributed by atoms with E-state index in [-0.39, 0.29) is 0 Å². The molecule has 0 saturated carbocycles. The number of fused-ring (bicyclic) bond motifs is 1. The molecule has 2 aromatic rings. The van der Waals surface area contributed by atoms with Gasteiger partial charge in [0.2, 0.25) is 0 Å². The predicted octanol–water partition coefficient (Wildman–Crippen LogP) is -0.274. The van der Waals surface area contributed by atoms with Crippen molar-refractivity contribution in [1.29, 1.82) is 0 Å². The summed E-state index contributed by atoms with van der Waals surface area (Å²) in [4.78, 5) is 1.85. The monoisotopic (exact) mass is 222 g/mol. The molecule has 0 aliphatic rings. The lowest BCUT2D eigenvalue weighted by molar-refractivity contribution is 0.0884. The van der Waals surface area contributed by atoms with Crippen LogP contribution in [-0.2, 0) is 0 Å². The van der Waals surface area contributed by atoms with Crippen LogP contribution in [0.3, 0.4) is 0 Å². The highest BCUT2D eigenvalue weighted by Crippen LogP contribution is 2.12. The van der Waals surface area contributed by atoms with E-state index in [1.807, 2.05) is 18.0 Å². The smallest absolute Gasteiger partial charge is 0.200 e. The number of aromatic nitrogens is 5. The fraction of sp³-hybridized carbons (Fsp3) is 0.556. The molecule has 16 heavy (non-hydrogen) atoms. The maximum absolute atomic E-state index is 9.71. The minimum absolute atomic E-state index is 0.480. The van der Waals surface area contributed by atoms with E-state index in [1.165, 1.54) is 4.63 Å². The van der Waals surface area contributed by atoms with Gasteiger partial charge in [0.25, 0.3) is 0 Å². The van der Waals surface area contributed by atoms with Gasteiger partial charge in [0.15, 0.2) is 11.5 Å². The molecule has 0 bridgehead atoms. The zero-order valence-corrected chi connectivity index (χ0v) is 9.49. The van der Waals surface area contributed by atoms with E-state index in [0.717, 1.165) is 0 Å². The highest BCUT2D eigenvalue weighted by atomic mass is 16.3. The maximum atomic E-state index is 9.71. The van der Waals surface area contributed by atoms with Crippen LogP contribution in [0.2, 0.25) is 0 Å². The Hall–Kier alpha value is -1.76. The quantitative estimate of drug-likeness (QED) is 0.769. The molecule has 0 radical (unpaired) electrons. The number of tetrazole rings is 1. The van der Waals surface area contributed by atoms with E-state index in [2.05, 4.69) is 20.6 Å². The normalized spacial score (nSPS) is 12.0. The van der Waals surface area contributed by atoms with E-state index < -0.39 is 5.60 Å². The summed E-state index contributed by atoms with van der Waals surface area (Å²) in [6.45, 7) is 3.98. The highest BCUT2D eigenvalue weighted by molar-refractivity contribution is 5.43. The summed E-state index contributed by atoms with van der Waals surface area (Å²) >= 11 is 0. The van der Waals surface area contributed by atoms with E-state index in [1.54, 1.807) is 19.9 Å². The van der Waals surface area contributed by atoms with Crippen molar-refractivity contribution in [2.24, 2.45) is 0 Å². The lowest BCUT2D eigenvalue weighted by Gasteiger charge is -2.25. The number of hydrogen-bond donors (Lipinski definition) is 1. The minimum atomic E-state index is -0.772. The summed E-state index contributed by atoms with van der Waals surface area (Å²) in [7, 11) is 1.86. The first kappa shape index (κ1) is 10.7. The molecule has 7 heteroatoms. The van der Waals surface area contributed by atoms with E-state index >= 15 is 0 Å². The standard InChI is InChI=1S/C9H14N6O/c1-9(2,16)6-14(3)8-5-4-7-10-12-13-15(7)11-8/h4-5,16H,6H2,1-3H3. The molecule has 0 fully saturated rings. The third kappa shape index (κ3) is 2.25. The Kier molecular flexibility index (Phi) is 2.47. The summed E-state index contributed by atoms with van der Waals surface area (Å²) in [6.07, 6.45) is 0. The Bertz CT molecular complexity index is 488. The van der Waals surface area contributed by atoms with Crippen molar-refractivity contribution in [3.05, 3.63) is 12.1 Å². The molecular formula is C9H14N6O. The molecule has 0 aromatic carbocycles. The fourth-order valence-electron chi connectivity index (χ4n) is 1.51. The van der Waals surface area contributed by atoms with Gasteiger partial charge in [-0.25, -0.2) is 0 Å². The number of aliphatic hydroxyl groups is 1. The van der Waals surface area contributed by atoms with E-state index in [4.69, 9.17) is 0 Å².